The molecule has 1 rings (SSSR count). The Hall–Kier alpha value is -1.46. The highest BCUT2D eigenvalue weighted by atomic mass is 16.5. The average molecular weight is 245 g/mol. The number of hydrogen-bond acceptors (Lipinski definition) is 2. The van der Waals surface area contributed by atoms with Crippen LogP contribution >= 0.6 is 0 Å². The number of ether oxygens (including phenoxy) is 1. The molecule has 0 spiro atoms. The molecule has 0 fully saturated rings. The van der Waals surface area contributed by atoms with E-state index in [0.717, 1.165) is 51.1 Å². The van der Waals surface area contributed by atoms with Crippen molar-refractivity contribution in [3.05, 3.63) is 29.8 Å². The number of benzene rings is 1. The Morgan fingerprint density at radius 1 is 1.22 bits per heavy atom. The second-order valence-corrected chi connectivity index (χ2v) is 4.33. The Morgan fingerprint density at radius 2 is 2.00 bits per heavy atom. The van der Waals surface area contributed by atoms with Crippen molar-refractivity contribution < 1.29 is 4.74 Å². The molecule has 0 radical (unpaired) electrons. The van der Waals surface area contributed by atoms with Gasteiger partial charge in [-0.1, -0.05) is 19.1 Å². The molecular formula is C16H23NO. The lowest BCUT2D eigenvalue weighted by Crippen LogP contribution is -2.14. The van der Waals surface area contributed by atoms with E-state index >= 15 is 0 Å². The van der Waals surface area contributed by atoms with Crippen molar-refractivity contribution in [1.82, 2.24) is 5.32 Å². The van der Waals surface area contributed by atoms with Gasteiger partial charge in [0.1, 0.15) is 5.75 Å². The fourth-order valence-corrected chi connectivity index (χ4v) is 1.63. The summed E-state index contributed by atoms with van der Waals surface area (Å²) in [5, 5.41) is 3.41. The molecular weight excluding hydrogens is 222 g/mol. The van der Waals surface area contributed by atoms with Crippen LogP contribution in [0.4, 0.5) is 0 Å². The molecule has 98 valence electrons. The van der Waals surface area contributed by atoms with E-state index in [1.807, 2.05) is 12.1 Å². The molecule has 0 aromatic heterocycles. The molecule has 0 heterocycles. The SMILES string of the molecule is C#CCCCCNCc1ccc(OCCC)cc1. The van der Waals surface area contributed by atoms with Gasteiger partial charge >= 0.3 is 0 Å². The first kappa shape index (κ1) is 14.6. The minimum absolute atomic E-state index is 0.784. The highest BCUT2D eigenvalue weighted by molar-refractivity contribution is 5.27. The zero-order valence-corrected chi connectivity index (χ0v) is 11.2. The van der Waals surface area contributed by atoms with Gasteiger partial charge in [0.2, 0.25) is 0 Å². The highest BCUT2D eigenvalue weighted by Gasteiger charge is 1.95. The number of nitrogens with one attached hydrogen (secondary N) is 1. The lowest BCUT2D eigenvalue weighted by atomic mass is 10.2. The molecule has 1 N–H and O–H groups in total. The van der Waals surface area contributed by atoms with Gasteiger partial charge < -0.3 is 10.1 Å². The van der Waals surface area contributed by atoms with E-state index in [9.17, 15) is 0 Å². The summed E-state index contributed by atoms with van der Waals surface area (Å²) in [4.78, 5) is 0. The first-order valence-electron chi connectivity index (χ1n) is 6.72. The second kappa shape index (κ2) is 9.56. The van der Waals surface area contributed by atoms with E-state index in [4.69, 9.17) is 11.2 Å². The maximum absolute atomic E-state index is 5.54. The predicted molar refractivity (Wildman–Crippen MR) is 76.6 cm³/mol. The molecule has 0 aliphatic carbocycles. The van der Waals surface area contributed by atoms with Crippen LogP contribution in [0.2, 0.25) is 0 Å². The van der Waals surface area contributed by atoms with Crippen molar-refractivity contribution in [3.8, 4) is 18.1 Å². The lowest BCUT2D eigenvalue weighted by Gasteiger charge is -2.07. The zero-order valence-electron chi connectivity index (χ0n) is 11.2. The fourth-order valence-electron chi connectivity index (χ4n) is 1.63. The van der Waals surface area contributed by atoms with E-state index in [0.29, 0.717) is 0 Å². The topological polar surface area (TPSA) is 21.3 Å². The van der Waals surface area contributed by atoms with Crippen LogP contribution in [0.15, 0.2) is 24.3 Å². The largest absolute Gasteiger partial charge is 0.494 e. The third-order valence-corrected chi connectivity index (χ3v) is 2.65. The van der Waals surface area contributed by atoms with Gasteiger partial charge in [0.25, 0.3) is 0 Å². The molecule has 1 aromatic rings. The molecule has 0 bridgehead atoms. The number of hydrogen-bond donors (Lipinski definition) is 1. The van der Waals surface area contributed by atoms with Crippen LogP contribution in [0.3, 0.4) is 0 Å². The van der Waals surface area contributed by atoms with Gasteiger partial charge in [-0.05, 0) is 43.5 Å². The Bertz CT molecular complexity index is 350. The van der Waals surface area contributed by atoms with Crippen LogP contribution in [0, 0.1) is 12.3 Å². The van der Waals surface area contributed by atoms with Gasteiger partial charge in [-0.2, -0.15) is 0 Å². The smallest absolute Gasteiger partial charge is 0.119 e. The first-order chi connectivity index (χ1) is 8.86. The monoisotopic (exact) mass is 245 g/mol. The van der Waals surface area contributed by atoms with Gasteiger partial charge in [0, 0.05) is 13.0 Å². The van der Waals surface area contributed by atoms with Crippen molar-refractivity contribution in [1.29, 1.82) is 0 Å². The summed E-state index contributed by atoms with van der Waals surface area (Å²) >= 11 is 0. The molecule has 0 unspecified atom stereocenters. The number of unbranched alkanes of at least 4 members (excludes halogenated alkanes) is 2. The van der Waals surface area contributed by atoms with Crippen LogP contribution in [0.1, 0.15) is 38.2 Å². The maximum Gasteiger partial charge on any atom is 0.119 e. The number of terminal acetylenes is 1. The van der Waals surface area contributed by atoms with Crippen LogP contribution < -0.4 is 10.1 Å². The number of rotatable bonds is 9. The predicted octanol–water partition coefficient (Wildman–Crippen LogP) is 3.37. The minimum Gasteiger partial charge on any atom is -0.494 e. The minimum atomic E-state index is 0.784. The Labute approximate surface area is 111 Å². The summed E-state index contributed by atoms with van der Waals surface area (Å²) in [5.41, 5.74) is 1.29. The summed E-state index contributed by atoms with van der Waals surface area (Å²) in [5.74, 6) is 3.61. The van der Waals surface area contributed by atoms with Gasteiger partial charge in [-0.25, -0.2) is 0 Å². The van der Waals surface area contributed by atoms with Gasteiger partial charge in [-0.3, -0.25) is 0 Å². The zero-order chi connectivity index (χ0) is 13.1. The molecule has 0 aliphatic heterocycles. The summed E-state index contributed by atoms with van der Waals surface area (Å²) in [6.07, 6.45) is 9.37. The van der Waals surface area contributed by atoms with Crippen LogP contribution in [-0.4, -0.2) is 13.2 Å². The van der Waals surface area contributed by atoms with Crippen molar-refractivity contribution in [2.75, 3.05) is 13.2 Å². The molecule has 2 nitrogen and oxygen atoms in total. The quantitative estimate of drug-likeness (QED) is 0.532. The summed E-state index contributed by atoms with van der Waals surface area (Å²) in [6.45, 7) is 4.82. The van der Waals surface area contributed by atoms with Crippen molar-refractivity contribution in [3.63, 3.8) is 0 Å². The van der Waals surface area contributed by atoms with E-state index < -0.39 is 0 Å². The third-order valence-electron chi connectivity index (χ3n) is 2.65. The fraction of sp³-hybridized carbons (Fsp3) is 0.500. The molecule has 0 atom stereocenters. The Kier molecular flexibility index (Phi) is 7.75. The molecule has 0 saturated heterocycles. The summed E-state index contributed by atoms with van der Waals surface area (Å²) < 4.78 is 5.54. The average Bonchev–Trinajstić information content (AvgIpc) is 2.42. The van der Waals surface area contributed by atoms with Gasteiger partial charge in [0.15, 0.2) is 0 Å². The summed E-state index contributed by atoms with van der Waals surface area (Å²) in [6, 6.07) is 8.29. The first-order valence-corrected chi connectivity index (χ1v) is 6.72. The molecule has 0 aliphatic rings. The lowest BCUT2D eigenvalue weighted by molar-refractivity contribution is 0.317. The maximum atomic E-state index is 5.54. The molecule has 1 aromatic carbocycles. The summed E-state index contributed by atoms with van der Waals surface area (Å²) in [7, 11) is 0. The highest BCUT2D eigenvalue weighted by Crippen LogP contribution is 2.12. The molecule has 18 heavy (non-hydrogen) atoms. The normalized spacial score (nSPS) is 10.0. The second-order valence-electron chi connectivity index (χ2n) is 4.33. The van der Waals surface area contributed by atoms with E-state index in [1.165, 1.54) is 5.56 Å². The van der Waals surface area contributed by atoms with Crippen molar-refractivity contribution in [2.45, 2.75) is 39.2 Å². The van der Waals surface area contributed by atoms with Crippen LogP contribution in [0.25, 0.3) is 0 Å². The van der Waals surface area contributed by atoms with E-state index in [1.54, 1.807) is 0 Å². The Balaban J connectivity index is 2.17. The third kappa shape index (κ3) is 6.32. The van der Waals surface area contributed by atoms with Crippen molar-refractivity contribution in [2.24, 2.45) is 0 Å². The Morgan fingerprint density at radius 3 is 2.67 bits per heavy atom. The van der Waals surface area contributed by atoms with Crippen LogP contribution in [-0.2, 0) is 6.54 Å². The van der Waals surface area contributed by atoms with E-state index in [2.05, 4.69) is 30.3 Å². The van der Waals surface area contributed by atoms with Gasteiger partial charge in [0.05, 0.1) is 6.61 Å². The van der Waals surface area contributed by atoms with Crippen LogP contribution in [0.5, 0.6) is 5.75 Å². The molecule has 2 heteroatoms. The van der Waals surface area contributed by atoms with E-state index in [-0.39, 0.29) is 0 Å². The van der Waals surface area contributed by atoms with Crippen molar-refractivity contribution >= 4 is 0 Å². The molecule has 0 amide bonds. The standard InChI is InChI=1S/C16H23NO/c1-3-5-6-7-12-17-14-15-8-10-16(11-9-15)18-13-4-2/h1,8-11,17H,4-7,12-14H2,2H3. The molecule has 0 saturated carbocycles. The van der Waals surface area contributed by atoms with Gasteiger partial charge in [-0.15, -0.1) is 12.3 Å².